The highest BCUT2D eigenvalue weighted by atomic mass is 16.6. The molecule has 37 heavy (non-hydrogen) atoms. The predicted molar refractivity (Wildman–Crippen MR) is 148 cm³/mol. The van der Waals surface area contributed by atoms with Crippen molar-refractivity contribution in [3.05, 3.63) is 0 Å². The number of nitrogens with zero attached hydrogens (tertiary/aromatic N) is 1. The number of hydrogen-bond acceptors (Lipinski definition) is 3. The summed E-state index contributed by atoms with van der Waals surface area (Å²) in [4.78, 5) is 13.2. The van der Waals surface area contributed by atoms with Crippen molar-refractivity contribution in [3.63, 3.8) is 0 Å². The minimum Gasteiger partial charge on any atom is -0.446 e. The van der Waals surface area contributed by atoms with Crippen LogP contribution in [0.3, 0.4) is 0 Å². The fraction of sp³-hybridized carbons (Fsp3) is 0.968. The van der Waals surface area contributed by atoms with E-state index in [1.54, 1.807) is 0 Å². The number of carbonyl (C=O) groups is 1. The van der Waals surface area contributed by atoms with Gasteiger partial charge in [-0.15, -0.1) is 0 Å². The van der Waals surface area contributed by atoms with Gasteiger partial charge in [0, 0.05) is 13.0 Å². The summed E-state index contributed by atoms with van der Waals surface area (Å²) < 4.78 is 5.86. The first kappa shape index (κ1) is 28.7. The van der Waals surface area contributed by atoms with Crippen LogP contribution >= 0.6 is 0 Å². The molecule has 0 aliphatic heterocycles. The number of ether oxygens (including phenoxy) is 1. The number of nitrogens with one attached hydrogen (secondary N) is 2. The lowest BCUT2D eigenvalue weighted by molar-refractivity contribution is -0.626. The van der Waals surface area contributed by atoms with Gasteiger partial charge >= 0.3 is 6.09 Å². The lowest BCUT2D eigenvalue weighted by atomic mass is 9.44. The molecule has 4 saturated carbocycles. The average Bonchev–Trinajstić information content (AvgIpc) is 3.19. The summed E-state index contributed by atoms with van der Waals surface area (Å²) in [7, 11) is 0. The predicted octanol–water partition coefficient (Wildman–Crippen LogP) is 7.51. The van der Waals surface area contributed by atoms with Crippen molar-refractivity contribution in [3.8, 4) is 0 Å². The average molecular weight is 518 g/mol. The highest BCUT2D eigenvalue weighted by molar-refractivity contribution is 5.67. The van der Waals surface area contributed by atoms with Crippen LogP contribution in [0.5, 0.6) is 0 Å². The van der Waals surface area contributed by atoms with Gasteiger partial charge in [0.1, 0.15) is 6.10 Å². The molecule has 0 aromatic rings. The normalized spacial score (nSPS) is 39.8. The molecule has 0 spiro atoms. The molecule has 4 aliphatic carbocycles. The Bertz CT molecular complexity index is 802. The van der Waals surface area contributed by atoms with Crippen LogP contribution in [-0.2, 0) is 4.74 Å². The summed E-state index contributed by atoms with van der Waals surface area (Å²) in [6.07, 6.45) is 16.3. The molecule has 0 heterocycles. The molecule has 4 aliphatic rings. The molecule has 2 unspecified atom stereocenters. The molecule has 0 radical (unpaired) electrons. The number of fused-ring (bicyclic) bond motifs is 5. The van der Waals surface area contributed by atoms with Gasteiger partial charge in [0.05, 0.1) is 0 Å². The maximum absolute atomic E-state index is 12.3. The Morgan fingerprint density at radius 1 is 1.00 bits per heavy atom. The van der Waals surface area contributed by atoms with E-state index < -0.39 is 0 Å². The van der Waals surface area contributed by atoms with Crippen LogP contribution in [0.4, 0.5) is 4.79 Å². The first-order valence-electron chi connectivity index (χ1n) is 15.7. The summed E-state index contributed by atoms with van der Waals surface area (Å²) in [5.74, 6) is 11.3. The SMILES string of the molecule is CC(C)CCC[C@@H](C)[C@H]1CC[C@H]2[C@@H]3CCC4CC(OC(=O)NCCC[N+](=N)N)CC[C@]4(C)[C@H]3CC[C@]12C. The van der Waals surface area contributed by atoms with Gasteiger partial charge in [-0.25, -0.2) is 4.79 Å². The number of rotatable bonds is 10. The second-order valence-electron chi connectivity index (χ2n) is 14.5. The molecule has 9 atom stereocenters. The zero-order valence-corrected chi connectivity index (χ0v) is 24.6. The number of hydrogen-bond donors (Lipinski definition) is 3. The number of carbonyl (C=O) groups excluding carboxylic acids is 1. The molecule has 6 heteroatoms. The van der Waals surface area contributed by atoms with Crippen molar-refractivity contribution < 1.29 is 14.3 Å². The van der Waals surface area contributed by atoms with E-state index >= 15 is 0 Å². The van der Waals surface area contributed by atoms with Crippen LogP contribution in [0.2, 0.25) is 0 Å². The van der Waals surface area contributed by atoms with Crippen molar-refractivity contribution in [1.29, 1.82) is 5.53 Å². The number of hydrazine groups is 1. The Hall–Kier alpha value is -1.33. The van der Waals surface area contributed by atoms with Gasteiger partial charge in [0.2, 0.25) is 6.54 Å². The Labute approximate surface area is 226 Å². The van der Waals surface area contributed by atoms with Gasteiger partial charge < -0.3 is 10.1 Å². The van der Waals surface area contributed by atoms with Gasteiger partial charge in [-0.05, 0) is 120 Å². The molecule has 212 valence electrons. The second-order valence-corrected chi connectivity index (χ2v) is 14.5. The molecule has 0 aromatic heterocycles. The summed E-state index contributed by atoms with van der Waals surface area (Å²) >= 11 is 0. The molecule has 4 fully saturated rings. The molecule has 0 saturated heterocycles. The number of nitrogens with two attached hydrogens (primary N) is 1. The first-order chi connectivity index (χ1) is 17.5. The quantitative estimate of drug-likeness (QED) is 0.0920. The third-order valence-corrected chi connectivity index (χ3v) is 11.9. The van der Waals surface area contributed by atoms with Gasteiger partial charge in [0.25, 0.3) is 0 Å². The molecular weight excluding hydrogens is 460 g/mol. The molecule has 0 aromatic carbocycles. The summed E-state index contributed by atoms with van der Waals surface area (Å²) in [5, 5.41) is 2.85. The topological polar surface area (TPSA) is 91.2 Å². The molecular formula is C31H57N4O2+. The Kier molecular flexibility index (Phi) is 9.16. The van der Waals surface area contributed by atoms with E-state index in [0.717, 1.165) is 53.2 Å². The van der Waals surface area contributed by atoms with E-state index in [1.165, 1.54) is 64.2 Å². The highest BCUT2D eigenvalue weighted by Gasteiger charge is 2.60. The van der Waals surface area contributed by atoms with Crippen LogP contribution in [0.1, 0.15) is 118 Å². The highest BCUT2D eigenvalue weighted by Crippen LogP contribution is 2.68. The van der Waals surface area contributed by atoms with Gasteiger partial charge in [-0.1, -0.05) is 53.9 Å². The van der Waals surface area contributed by atoms with Crippen molar-refractivity contribution in [2.75, 3.05) is 13.1 Å². The van der Waals surface area contributed by atoms with Crippen LogP contribution in [0.25, 0.3) is 0 Å². The monoisotopic (exact) mass is 517 g/mol. The molecule has 6 nitrogen and oxygen atoms in total. The number of alkyl carbamates (subject to hydrolysis) is 1. The summed E-state index contributed by atoms with van der Waals surface area (Å²) in [5.41, 5.74) is 8.19. The molecule has 4 N–H and O–H groups in total. The number of amides is 1. The van der Waals surface area contributed by atoms with Crippen molar-refractivity contribution in [1.82, 2.24) is 5.32 Å². The standard InChI is InChI=1S/C31H56N4O2/c1-21(2)8-6-9-22(3)26-12-13-27-25-11-10-23-20-24(37-29(36)34-18-7-19-35(32)33)14-16-30(23,4)28(25)15-17-31(26,27)5/h21-28H,6-20H2,1-5H3,(H3-,32,33,34,36)/p+1/t22-,23?,24?,25+,26-,27+,28+,30+,31-/m1/s1. The van der Waals surface area contributed by atoms with Crippen molar-refractivity contribution >= 4 is 6.09 Å². The van der Waals surface area contributed by atoms with E-state index in [0.29, 0.717) is 36.3 Å². The Balaban J connectivity index is 1.32. The maximum atomic E-state index is 12.3. The third kappa shape index (κ3) is 6.13. The van der Waals surface area contributed by atoms with Crippen LogP contribution in [0, 0.1) is 57.8 Å². The fourth-order valence-corrected chi connectivity index (χ4v) is 9.98. The van der Waals surface area contributed by atoms with Gasteiger partial charge in [0.15, 0.2) is 0 Å². The van der Waals surface area contributed by atoms with Crippen molar-refractivity contribution in [2.45, 2.75) is 124 Å². The second kappa shape index (κ2) is 11.8. The van der Waals surface area contributed by atoms with Gasteiger partial charge in [-0.2, -0.15) is 5.84 Å². The Morgan fingerprint density at radius 2 is 1.73 bits per heavy atom. The zero-order chi connectivity index (χ0) is 26.8. The van der Waals surface area contributed by atoms with Crippen LogP contribution in [0.15, 0.2) is 0 Å². The van der Waals surface area contributed by atoms with Crippen molar-refractivity contribution in [2.24, 2.45) is 58.1 Å². The first-order valence-corrected chi connectivity index (χ1v) is 15.7. The van der Waals surface area contributed by atoms with E-state index in [9.17, 15) is 4.79 Å². The minimum absolute atomic E-state index is 0.0493. The van der Waals surface area contributed by atoms with Crippen LogP contribution < -0.4 is 11.2 Å². The molecule has 0 bridgehead atoms. The summed E-state index contributed by atoms with van der Waals surface area (Å²) in [6.45, 7) is 13.5. The van der Waals surface area contributed by atoms with Gasteiger partial charge in [-0.3, -0.25) is 0 Å². The molecule has 4 rings (SSSR count). The largest absolute Gasteiger partial charge is 0.446 e. The maximum Gasteiger partial charge on any atom is 0.407 e. The summed E-state index contributed by atoms with van der Waals surface area (Å²) in [6, 6.07) is 0. The van der Waals surface area contributed by atoms with Crippen LogP contribution in [-0.4, -0.2) is 30.1 Å². The van der Waals surface area contributed by atoms with E-state index in [-0.39, 0.29) is 12.2 Å². The zero-order valence-electron chi connectivity index (χ0n) is 24.6. The fourth-order valence-electron chi connectivity index (χ4n) is 9.98. The third-order valence-electron chi connectivity index (χ3n) is 11.9. The lowest BCUT2D eigenvalue weighted by Gasteiger charge is -2.61. The van der Waals surface area contributed by atoms with E-state index in [4.69, 9.17) is 16.1 Å². The van der Waals surface area contributed by atoms with E-state index in [2.05, 4.69) is 39.9 Å². The minimum atomic E-state index is -0.302. The Morgan fingerprint density at radius 3 is 2.46 bits per heavy atom. The lowest BCUT2D eigenvalue weighted by Crippen LogP contribution is -2.54. The molecule has 1 amide bonds. The smallest absolute Gasteiger partial charge is 0.407 e. The van der Waals surface area contributed by atoms with E-state index in [1.807, 2.05) is 0 Å².